The zero-order chi connectivity index (χ0) is 23.4. The van der Waals surface area contributed by atoms with E-state index in [4.69, 9.17) is 9.47 Å². The van der Waals surface area contributed by atoms with Crippen LogP contribution in [0.2, 0.25) is 0 Å². The number of hydrogen-bond acceptors (Lipinski definition) is 7. The Balaban J connectivity index is 1.31. The Morgan fingerprint density at radius 2 is 1.76 bits per heavy atom. The Bertz CT molecular complexity index is 1280. The van der Waals surface area contributed by atoms with Gasteiger partial charge in [0.1, 0.15) is 6.04 Å². The van der Waals surface area contributed by atoms with Crippen molar-refractivity contribution in [2.45, 2.75) is 28.0 Å². The normalized spacial score (nSPS) is 21.6. The van der Waals surface area contributed by atoms with Gasteiger partial charge in [-0.1, -0.05) is 18.2 Å². The van der Waals surface area contributed by atoms with Gasteiger partial charge >= 0.3 is 5.97 Å². The standard InChI is InChI=1S/C22H20N2O8S/c25-19(24-12-22(31-7-8-32-22)10-16(24)21(27)28)11-23-20(26)13-5-6-18-15(9-13)14-3-1-2-4-17(14)33(18,29)30/h1-6,9,16H,7-8,10-12H2,(H,23,26)(H,27,28)/t16-/m0/s1. The topological polar surface area (TPSA) is 139 Å². The van der Waals surface area contributed by atoms with Gasteiger partial charge in [-0.05, 0) is 24.3 Å². The first kappa shape index (κ1) is 21.6. The average Bonchev–Trinajstić information content (AvgIpc) is 3.49. The number of carbonyl (C=O) groups excluding carboxylic acids is 2. The highest BCUT2D eigenvalue weighted by atomic mass is 32.2. The summed E-state index contributed by atoms with van der Waals surface area (Å²) in [5.74, 6) is -3.46. The minimum absolute atomic E-state index is 0.0146. The minimum atomic E-state index is -3.64. The SMILES string of the molecule is O=C(NCC(=O)N1CC2(C[C@H]1C(=O)O)OCCO2)c1ccc2c(c1)-c1ccccc1S2(=O)=O. The van der Waals surface area contributed by atoms with Gasteiger partial charge in [-0.3, -0.25) is 9.59 Å². The monoisotopic (exact) mass is 472 g/mol. The van der Waals surface area contributed by atoms with Gasteiger partial charge in [0.25, 0.3) is 5.91 Å². The summed E-state index contributed by atoms with van der Waals surface area (Å²) in [6.07, 6.45) is 0.0146. The molecule has 5 rings (SSSR count). The molecule has 2 aromatic carbocycles. The van der Waals surface area contributed by atoms with Crippen LogP contribution in [0, 0.1) is 0 Å². The minimum Gasteiger partial charge on any atom is -0.480 e. The van der Waals surface area contributed by atoms with Gasteiger partial charge in [0.2, 0.25) is 15.7 Å². The van der Waals surface area contributed by atoms with Crippen molar-refractivity contribution in [3.8, 4) is 11.1 Å². The zero-order valence-corrected chi connectivity index (χ0v) is 18.1. The number of nitrogens with zero attached hydrogens (tertiary/aromatic N) is 1. The fourth-order valence-corrected chi connectivity index (χ4v) is 6.21. The zero-order valence-electron chi connectivity index (χ0n) is 17.3. The second kappa shape index (κ2) is 7.65. The molecule has 0 aliphatic carbocycles. The summed E-state index contributed by atoms with van der Waals surface area (Å²) in [7, 11) is -3.64. The van der Waals surface area contributed by atoms with Crippen LogP contribution in [0.5, 0.6) is 0 Å². The number of nitrogens with one attached hydrogen (secondary N) is 1. The predicted octanol–water partition coefficient (Wildman–Crippen LogP) is 0.658. The summed E-state index contributed by atoms with van der Waals surface area (Å²) in [5, 5.41) is 12.0. The Morgan fingerprint density at radius 1 is 1.06 bits per heavy atom. The Morgan fingerprint density at radius 3 is 2.48 bits per heavy atom. The third kappa shape index (κ3) is 3.48. The molecular formula is C22H20N2O8S. The van der Waals surface area contributed by atoms with Crippen molar-refractivity contribution >= 4 is 27.6 Å². The molecule has 1 atom stereocenters. The van der Waals surface area contributed by atoms with Crippen LogP contribution in [0.25, 0.3) is 11.1 Å². The van der Waals surface area contributed by atoms with Gasteiger partial charge in [-0.15, -0.1) is 0 Å². The molecular weight excluding hydrogens is 452 g/mol. The molecule has 10 nitrogen and oxygen atoms in total. The van der Waals surface area contributed by atoms with Crippen LogP contribution in [-0.2, 0) is 28.9 Å². The van der Waals surface area contributed by atoms with E-state index in [9.17, 15) is 27.9 Å². The van der Waals surface area contributed by atoms with Crippen molar-refractivity contribution in [1.29, 1.82) is 0 Å². The van der Waals surface area contributed by atoms with Gasteiger partial charge in [0.15, 0.2) is 5.79 Å². The maximum atomic E-state index is 12.7. The number of rotatable bonds is 4. The smallest absolute Gasteiger partial charge is 0.326 e. The molecule has 172 valence electrons. The second-order valence-electron chi connectivity index (χ2n) is 8.08. The number of benzene rings is 2. The van der Waals surface area contributed by atoms with Crippen molar-refractivity contribution in [3.63, 3.8) is 0 Å². The molecule has 1 spiro atoms. The van der Waals surface area contributed by atoms with Crippen LogP contribution in [-0.4, -0.2) is 74.3 Å². The first-order valence-electron chi connectivity index (χ1n) is 10.3. The maximum Gasteiger partial charge on any atom is 0.326 e. The molecule has 0 saturated carbocycles. The van der Waals surface area contributed by atoms with Gasteiger partial charge in [0, 0.05) is 23.1 Å². The molecule has 0 bridgehead atoms. The third-order valence-corrected chi connectivity index (χ3v) is 7.98. The molecule has 2 aromatic rings. The lowest BCUT2D eigenvalue weighted by molar-refractivity contribution is -0.152. The van der Waals surface area contributed by atoms with Crippen LogP contribution >= 0.6 is 0 Å². The fourth-order valence-electron chi connectivity index (χ4n) is 4.55. The number of likely N-dealkylation sites (tertiary alicyclic amines) is 1. The number of amides is 2. The average molecular weight is 472 g/mol. The molecule has 2 fully saturated rings. The molecule has 11 heteroatoms. The summed E-state index contributed by atoms with van der Waals surface area (Å²) in [5.41, 5.74) is 1.12. The molecule has 0 aromatic heterocycles. The predicted molar refractivity (Wildman–Crippen MR) is 112 cm³/mol. The number of ether oxygens (including phenoxy) is 2. The van der Waals surface area contributed by atoms with Crippen LogP contribution in [0.4, 0.5) is 0 Å². The summed E-state index contributed by atoms with van der Waals surface area (Å²) in [6.45, 7) is 0.182. The van der Waals surface area contributed by atoms with E-state index in [1.54, 1.807) is 18.2 Å². The van der Waals surface area contributed by atoms with E-state index in [1.165, 1.54) is 24.3 Å². The third-order valence-electron chi connectivity index (χ3n) is 6.11. The van der Waals surface area contributed by atoms with Crippen molar-refractivity contribution in [2.75, 3.05) is 26.3 Å². The van der Waals surface area contributed by atoms with Crippen LogP contribution in [0.15, 0.2) is 52.3 Å². The van der Waals surface area contributed by atoms with Gasteiger partial charge in [-0.2, -0.15) is 0 Å². The lowest BCUT2D eigenvalue weighted by Crippen LogP contribution is -2.46. The first-order chi connectivity index (χ1) is 15.7. The molecule has 2 N–H and O–H groups in total. The summed E-state index contributed by atoms with van der Waals surface area (Å²) < 4.78 is 36.4. The molecule has 0 unspecified atom stereocenters. The number of sulfone groups is 1. The van der Waals surface area contributed by atoms with Gasteiger partial charge in [-0.25, -0.2) is 13.2 Å². The van der Waals surface area contributed by atoms with E-state index in [0.717, 1.165) is 4.90 Å². The molecule has 2 saturated heterocycles. The quantitative estimate of drug-likeness (QED) is 0.565. The van der Waals surface area contributed by atoms with E-state index in [1.807, 2.05) is 0 Å². The number of hydrogen-bond donors (Lipinski definition) is 2. The summed E-state index contributed by atoms with van der Waals surface area (Å²) in [4.78, 5) is 38.5. The Kier molecular flexibility index (Phi) is 5.00. The molecule has 0 radical (unpaired) electrons. The van der Waals surface area contributed by atoms with Crippen molar-refractivity contribution in [3.05, 3.63) is 48.0 Å². The maximum absolute atomic E-state index is 12.7. The summed E-state index contributed by atoms with van der Waals surface area (Å²) in [6, 6.07) is 9.66. The van der Waals surface area contributed by atoms with Gasteiger partial charge < -0.3 is 24.8 Å². The van der Waals surface area contributed by atoms with Gasteiger partial charge in [0.05, 0.1) is 36.1 Å². The number of carboxylic acid groups (broad SMARTS) is 1. The highest BCUT2D eigenvalue weighted by Gasteiger charge is 2.52. The van der Waals surface area contributed by atoms with Crippen LogP contribution in [0.1, 0.15) is 16.8 Å². The van der Waals surface area contributed by atoms with Crippen molar-refractivity contribution < 1.29 is 37.4 Å². The van der Waals surface area contributed by atoms with E-state index in [0.29, 0.717) is 24.3 Å². The van der Waals surface area contributed by atoms with Crippen molar-refractivity contribution in [1.82, 2.24) is 10.2 Å². The number of carboxylic acids is 1. The molecule has 3 aliphatic heterocycles. The lowest BCUT2D eigenvalue weighted by atomic mass is 10.0. The van der Waals surface area contributed by atoms with E-state index >= 15 is 0 Å². The highest BCUT2D eigenvalue weighted by Crippen LogP contribution is 2.43. The number of carbonyl (C=O) groups is 3. The number of fused-ring (bicyclic) bond motifs is 3. The summed E-state index contributed by atoms with van der Waals surface area (Å²) >= 11 is 0. The molecule has 3 aliphatic rings. The molecule has 3 heterocycles. The fraction of sp³-hybridized carbons (Fsp3) is 0.318. The van der Waals surface area contributed by atoms with E-state index < -0.39 is 46.0 Å². The van der Waals surface area contributed by atoms with Crippen LogP contribution in [0.3, 0.4) is 0 Å². The molecule has 2 amide bonds. The highest BCUT2D eigenvalue weighted by molar-refractivity contribution is 7.92. The Hall–Kier alpha value is -3.28. The molecule has 33 heavy (non-hydrogen) atoms. The first-order valence-corrected chi connectivity index (χ1v) is 11.8. The Labute approximate surface area is 189 Å². The van der Waals surface area contributed by atoms with E-state index in [2.05, 4.69) is 5.32 Å². The lowest BCUT2D eigenvalue weighted by Gasteiger charge is -2.23. The number of aliphatic carboxylic acids is 1. The van der Waals surface area contributed by atoms with Crippen LogP contribution < -0.4 is 5.32 Å². The largest absolute Gasteiger partial charge is 0.480 e. The second-order valence-corrected chi connectivity index (χ2v) is 9.97. The van der Waals surface area contributed by atoms with Crippen molar-refractivity contribution in [2.24, 2.45) is 0 Å². The van der Waals surface area contributed by atoms with E-state index in [-0.39, 0.29) is 28.3 Å².